The van der Waals surface area contributed by atoms with Crippen molar-refractivity contribution in [1.82, 2.24) is 10.2 Å². The van der Waals surface area contributed by atoms with Crippen molar-refractivity contribution in [2.45, 2.75) is 69.5 Å². The van der Waals surface area contributed by atoms with Crippen LogP contribution in [0.4, 0.5) is 5.69 Å². The Balaban J connectivity index is 1.69. The summed E-state index contributed by atoms with van der Waals surface area (Å²) in [7, 11) is -2.71. The number of nitrogens with zero attached hydrogens (tertiary/aromatic N) is 2. The molecular formula is C32H39N3O5S. The number of nitrogens with one attached hydrogen (secondary N) is 1. The van der Waals surface area contributed by atoms with Gasteiger partial charge in [-0.1, -0.05) is 79.4 Å². The van der Waals surface area contributed by atoms with Crippen molar-refractivity contribution in [3.63, 3.8) is 0 Å². The zero-order valence-corrected chi connectivity index (χ0v) is 24.8. The molecule has 1 aliphatic rings. The number of methoxy groups -OCH3 is 1. The van der Waals surface area contributed by atoms with Gasteiger partial charge in [-0.05, 0) is 56.5 Å². The molecule has 1 fully saturated rings. The fraction of sp³-hybridized carbons (Fsp3) is 0.375. The zero-order valence-electron chi connectivity index (χ0n) is 24.0. The fourth-order valence-corrected chi connectivity index (χ4v) is 6.54. The van der Waals surface area contributed by atoms with Crippen LogP contribution in [0.25, 0.3) is 0 Å². The number of hydrogen-bond acceptors (Lipinski definition) is 5. The van der Waals surface area contributed by atoms with E-state index < -0.39 is 28.5 Å². The maximum Gasteiger partial charge on any atom is 0.264 e. The number of anilines is 1. The summed E-state index contributed by atoms with van der Waals surface area (Å²) in [5.41, 5.74) is 1.99. The number of sulfonamides is 1. The third kappa shape index (κ3) is 7.47. The van der Waals surface area contributed by atoms with Gasteiger partial charge in [0.05, 0.1) is 17.7 Å². The zero-order chi connectivity index (χ0) is 29.4. The minimum absolute atomic E-state index is 0.0551. The van der Waals surface area contributed by atoms with E-state index in [0.717, 1.165) is 47.5 Å². The van der Waals surface area contributed by atoms with Gasteiger partial charge in [0.25, 0.3) is 10.0 Å². The van der Waals surface area contributed by atoms with Gasteiger partial charge in [-0.3, -0.25) is 13.9 Å². The Morgan fingerprint density at radius 1 is 0.927 bits per heavy atom. The van der Waals surface area contributed by atoms with Gasteiger partial charge in [0, 0.05) is 12.6 Å². The Kier molecular flexibility index (Phi) is 10.0. The van der Waals surface area contributed by atoms with Gasteiger partial charge in [-0.15, -0.1) is 0 Å². The molecule has 1 saturated carbocycles. The molecule has 0 saturated heterocycles. The van der Waals surface area contributed by atoms with Crippen LogP contribution in [0.2, 0.25) is 0 Å². The Labute approximate surface area is 243 Å². The third-order valence-electron chi connectivity index (χ3n) is 7.56. The number of carbonyl (C=O) groups excluding carboxylic acids is 2. The molecule has 1 atom stereocenters. The molecule has 8 nitrogen and oxygen atoms in total. The van der Waals surface area contributed by atoms with Crippen molar-refractivity contribution in [2.75, 3.05) is 18.0 Å². The normalized spacial score (nSPS) is 14.6. The summed E-state index contributed by atoms with van der Waals surface area (Å²) in [6.45, 7) is 3.22. The smallest absolute Gasteiger partial charge is 0.264 e. The largest absolute Gasteiger partial charge is 0.495 e. The lowest BCUT2D eigenvalue weighted by Gasteiger charge is -2.33. The van der Waals surface area contributed by atoms with Crippen molar-refractivity contribution in [1.29, 1.82) is 0 Å². The van der Waals surface area contributed by atoms with Crippen LogP contribution in [0, 0.1) is 6.92 Å². The van der Waals surface area contributed by atoms with Crippen LogP contribution in [0.15, 0.2) is 83.8 Å². The molecule has 41 heavy (non-hydrogen) atoms. The van der Waals surface area contributed by atoms with Gasteiger partial charge in [0.2, 0.25) is 11.8 Å². The highest BCUT2D eigenvalue weighted by Gasteiger charge is 2.34. The maximum absolute atomic E-state index is 14.1. The molecule has 3 aromatic carbocycles. The summed E-state index contributed by atoms with van der Waals surface area (Å²) in [4.78, 5) is 29.0. The lowest BCUT2D eigenvalue weighted by atomic mass is 9.95. The van der Waals surface area contributed by atoms with E-state index in [4.69, 9.17) is 4.74 Å². The first-order valence-electron chi connectivity index (χ1n) is 14.1. The van der Waals surface area contributed by atoms with Crippen LogP contribution < -0.4 is 14.4 Å². The van der Waals surface area contributed by atoms with Gasteiger partial charge in [-0.2, -0.15) is 0 Å². The molecule has 1 N–H and O–H groups in total. The lowest BCUT2D eigenvalue weighted by molar-refractivity contribution is -0.139. The van der Waals surface area contributed by atoms with E-state index in [1.807, 2.05) is 37.3 Å². The summed E-state index contributed by atoms with van der Waals surface area (Å²) >= 11 is 0. The van der Waals surface area contributed by atoms with Crippen LogP contribution in [-0.2, 0) is 26.2 Å². The Hall–Kier alpha value is -3.85. The number of rotatable bonds is 11. The number of aryl methyl sites for hydroxylation is 1. The van der Waals surface area contributed by atoms with Crippen molar-refractivity contribution < 1.29 is 22.7 Å². The standard InChI is InChI=1S/C32H39N3O5S/c1-24-18-20-28(21-19-24)41(38,39)35(29-16-10-11-17-30(29)40-3)23-31(36)34(22-26-12-6-4-7-13-26)25(2)32(37)33-27-14-8-5-9-15-27/h4,6-7,10-13,16-21,25,27H,5,8-9,14-15,22-23H2,1-3H3,(H,33,37)/t25-/m1/s1. The first kappa shape index (κ1) is 30.1. The number of hydrogen-bond donors (Lipinski definition) is 1. The van der Waals surface area contributed by atoms with E-state index in [9.17, 15) is 18.0 Å². The molecule has 4 rings (SSSR count). The van der Waals surface area contributed by atoms with Gasteiger partial charge >= 0.3 is 0 Å². The van der Waals surface area contributed by atoms with Crippen LogP contribution in [0.5, 0.6) is 5.75 Å². The molecule has 0 heterocycles. The van der Waals surface area contributed by atoms with Gasteiger partial charge in [0.15, 0.2) is 0 Å². The number of amides is 2. The van der Waals surface area contributed by atoms with Crippen molar-refractivity contribution >= 4 is 27.5 Å². The number of benzene rings is 3. The van der Waals surface area contributed by atoms with Crippen molar-refractivity contribution in [3.8, 4) is 5.75 Å². The van der Waals surface area contributed by atoms with Crippen molar-refractivity contribution in [3.05, 3.63) is 90.0 Å². The molecule has 9 heteroatoms. The maximum atomic E-state index is 14.1. The van der Waals surface area contributed by atoms with E-state index in [-0.39, 0.29) is 29.1 Å². The molecule has 0 radical (unpaired) electrons. The Morgan fingerprint density at radius 2 is 1.56 bits per heavy atom. The van der Waals surface area contributed by atoms with Gasteiger partial charge < -0.3 is 15.0 Å². The summed E-state index contributed by atoms with van der Waals surface area (Å²) in [5.74, 6) is -0.429. The monoisotopic (exact) mass is 577 g/mol. The number of para-hydroxylation sites is 2. The summed E-state index contributed by atoms with van der Waals surface area (Å²) < 4.78 is 34.6. The molecule has 218 valence electrons. The highest BCUT2D eigenvalue weighted by Crippen LogP contribution is 2.32. The first-order chi connectivity index (χ1) is 19.7. The topological polar surface area (TPSA) is 96.0 Å². The second-order valence-corrected chi connectivity index (χ2v) is 12.4. The summed E-state index contributed by atoms with van der Waals surface area (Å²) in [6.07, 6.45) is 5.13. The molecule has 3 aromatic rings. The first-order valence-corrected chi connectivity index (χ1v) is 15.5. The molecule has 0 aliphatic heterocycles. The Morgan fingerprint density at radius 3 is 2.22 bits per heavy atom. The summed E-state index contributed by atoms with van der Waals surface area (Å²) in [5, 5.41) is 3.12. The van der Waals surface area contributed by atoms with E-state index in [1.54, 1.807) is 43.3 Å². The van der Waals surface area contributed by atoms with Crippen LogP contribution in [0.3, 0.4) is 0 Å². The third-order valence-corrected chi connectivity index (χ3v) is 9.33. The lowest BCUT2D eigenvalue weighted by Crippen LogP contribution is -2.53. The quantitative estimate of drug-likeness (QED) is 0.344. The fourth-order valence-electron chi connectivity index (χ4n) is 5.12. The second-order valence-electron chi connectivity index (χ2n) is 10.5. The molecule has 0 spiro atoms. The van der Waals surface area contributed by atoms with E-state index in [2.05, 4.69) is 5.32 Å². The second kappa shape index (κ2) is 13.7. The van der Waals surface area contributed by atoms with Gasteiger partial charge in [0.1, 0.15) is 18.3 Å². The van der Waals surface area contributed by atoms with Crippen LogP contribution >= 0.6 is 0 Å². The molecule has 0 bridgehead atoms. The minimum atomic E-state index is -4.17. The van der Waals surface area contributed by atoms with Crippen LogP contribution in [0.1, 0.15) is 50.2 Å². The van der Waals surface area contributed by atoms with E-state index in [0.29, 0.717) is 5.75 Å². The number of ether oxygens (including phenoxy) is 1. The van der Waals surface area contributed by atoms with Crippen LogP contribution in [-0.4, -0.2) is 50.9 Å². The molecule has 1 aliphatic carbocycles. The SMILES string of the molecule is COc1ccccc1N(CC(=O)N(Cc1ccccc1)[C@H](C)C(=O)NC1CCCCC1)S(=O)(=O)c1ccc(C)cc1. The van der Waals surface area contributed by atoms with E-state index in [1.165, 1.54) is 24.1 Å². The average Bonchev–Trinajstić information content (AvgIpc) is 2.99. The Bertz CT molecular complexity index is 1420. The average molecular weight is 578 g/mol. The predicted molar refractivity (Wildman–Crippen MR) is 160 cm³/mol. The summed E-state index contributed by atoms with van der Waals surface area (Å²) in [6, 6.07) is 21.8. The molecule has 0 unspecified atom stereocenters. The van der Waals surface area contributed by atoms with E-state index >= 15 is 0 Å². The minimum Gasteiger partial charge on any atom is -0.495 e. The van der Waals surface area contributed by atoms with Gasteiger partial charge in [-0.25, -0.2) is 8.42 Å². The highest BCUT2D eigenvalue weighted by molar-refractivity contribution is 7.92. The predicted octanol–water partition coefficient (Wildman–Crippen LogP) is 5.07. The highest BCUT2D eigenvalue weighted by atomic mass is 32.2. The molecule has 2 amide bonds. The molecular weight excluding hydrogens is 538 g/mol. The molecule has 0 aromatic heterocycles. The van der Waals surface area contributed by atoms with Crippen molar-refractivity contribution in [2.24, 2.45) is 0 Å². The number of carbonyl (C=O) groups is 2.